The van der Waals surface area contributed by atoms with Crippen LogP contribution in [0.1, 0.15) is 57.4 Å². The van der Waals surface area contributed by atoms with Crippen molar-refractivity contribution in [1.82, 2.24) is 25.1 Å². The van der Waals surface area contributed by atoms with E-state index in [0.29, 0.717) is 29.7 Å². The summed E-state index contributed by atoms with van der Waals surface area (Å²) in [7, 11) is 2.16. The van der Waals surface area contributed by atoms with Crippen LogP contribution in [0.15, 0.2) is 24.4 Å². The number of hydrogen-bond donors (Lipinski definition) is 1. The van der Waals surface area contributed by atoms with Crippen LogP contribution < -0.4 is 14.4 Å². The molecule has 1 aliphatic carbocycles. The molecule has 1 saturated carbocycles. The Labute approximate surface area is 240 Å². The van der Waals surface area contributed by atoms with Crippen LogP contribution in [-0.4, -0.2) is 70.0 Å². The maximum Gasteiger partial charge on any atom is 0.319 e. The van der Waals surface area contributed by atoms with Gasteiger partial charge in [0.15, 0.2) is 5.75 Å². The zero-order chi connectivity index (χ0) is 27.4. The highest BCUT2D eigenvalue weighted by molar-refractivity contribution is 6.35. The van der Waals surface area contributed by atoms with E-state index in [1.54, 1.807) is 0 Å². The van der Waals surface area contributed by atoms with E-state index in [-0.39, 0.29) is 6.10 Å². The molecule has 3 fully saturated rings. The van der Waals surface area contributed by atoms with Gasteiger partial charge in [-0.3, -0.25) is 5.10 Å². The Balaban J connectivity index is 1.45. The number of aryl methyl sites for hydroxylation is 1. The number of nitrogens with zero attached hydrogens (tertiary/aromatic N) is 5. The van der Waals surface area contributed by atoms with Crippen LogP contribution >= 0.6 is 11.6 Å². The van der Waals surface area contributed by atoms with Gasteiger partial charge in [-0.2, -0.15) is 15.1 Å². The van der Waals surface area contributed by atoms with Gasteiger partial charge in [0, 0.05) is 40.5 Å². The molecular weight excluding hydrogens is 524 g/mol. The molecule has 0 amide bonds. The minimum atomic E-state index is 0.160. The molecule has 2 aliphatic heterocycles. The molecule has 4 aromatic rings. The first-order valence-electron chi connectivity index (χ1n) is 14.7. The zero-order valence-corrected chi connectivity index (χ0v) is 24.3. The predicted octanol–water partition coefficient (Wildman–Crippen LogP) is 6.53. The molecule has 8 nitrogen and oxygen atoms in total. The second kappa shape index (κ2) is 10.4. The zero-order valence-electron chi connectivity index (χ0n) is 23.5. The highest BCUT2D eigenvalue weighted by atomic mass is 35.5. The fourth-order valence-electron chi connectivity index (χ4n) is 6.38. The van der Waals surface area contributed by atoms with E-state index in [0.717, 1.165) is 95.3 Å². The standard InChI is InChI=1S/C31H37ClN6O2/c1-18-9-12-25-23(16-33-36-25)26(18)27-24(32)15-22-28(29(27)40-21-10-11-21)34-31(39-17-20-8-6-13-37(20)3)35-30(22)38-14-5-4-7-19(38)2/h9,12,15-16,19-21H,4-8,10-11,13-14,17H2,1-3H3,(H,33,36)/t19-,20-/m0/s1. The number of rotatable bonds is 7. The number of anilines is 1. The van der Waals surface area contributed by atoms with Crippen LogP contribution in [0.4, 0.5) is 5.82 Å². The number of likely N-dealkylation sites (tertiary alicyclic amines) is 1. The summed E-state index contributed by atoms with van der Waals surface area (Å²) in [6.07, 6.45) is 9.91. The average molecular weight is 561 g/mol. The summed E-state index contributed by atoms with van der Waals surface area (Å²) in [5.41, 5.74) is 4.72. The van der Waals surface area contributed by atoms with E-state index < -0.39 is 0 Å². The number of likely N-dealkylation sites (N-methyl/N-ethyl adjacent to an activating group) is 1. The van der Waals surface area contributed by atoms with E-state index in [9.17, 15) is 0 Å². The van der Waals surface area contributed by atoms with Gasteiger partial charge in [0.2, 0.25) is 0 Å². The Morgan fingerprint density at radius 3 is 2.67 bits per heavy atom. The summed E-state index contributed by atoms with van der Waals surface area (Å²) in [5, 5.41) is 10.0. The molecule has 7 rings (SSSR count). The number of hydrogen-bond acceptors (Lipinski definition) is 7. The van der Waals surface area contributed by atoms with Crippen molar-refractivity contribution in [1.29, 1.82) is 0 Å². The first-order chi connectivity index (χ1) is 19.5. The Morgan fingerprint density at radius 2 is 1.90 bits per heavy atom. The van der Waals surface area contributed by atoms with Gasteiger partial charge < -0.3 is 19.3 Å². The van der Waals surface area contributed by atoms with Crippen molar-refractivity contribution < 1.29 is 9.47 Å². The molecule has 9 heteroatoms. The molecule has 210 valence electrons. The van der Waals surface area contributed by atoms with Gasteiger partial charge in [-0.1, -0.05) is 17.7 Å². The van der Waals surface area contributed by atoms with Crippen molar-refractivity contribution in [2.45, 2.75) is 77.0 Å². The number of H-pyrrole nitrogens is 1. The van der Waals surface area contributed by atoms with Gasteiger partial charge in [-0.15, -0.1) is 0 Å². The van der Waals surface area contributed by atoms with Gasteiger partial charge in [0.1, 0.15) is 17.9 Å². The Morgan fingerprint density at radius 1 is 1.02 bits per heavy atom. The Kier molecular flexibility index (Phi) is 6.71. The first kappa shape index (κ1) is 25.8. The summed E-state index contributed by atoms with van der Waals surface area (Å²) >= 11 is 7.22. The number of nitrogens with one attached hydrogen (secondary N) is 1. The quantitative estimate of drug-likeness (QED) is 0.275. The third-order valence-corrected chi connectivity index (χ3v) is 9.20. The van der Waals surface area contributed by atoms with E-state index in [1.165, 1.54) is 12.8 Å². The molecule has 4 heterocycles. The highest BCUT2D eigenvalue weighted by Crippen LogP contribution is 2.49. The number of halogens is 1. The van der Waals surface area contributed by atoms with Crippen molar-refractivity contribution in [2.24, 2.45) is 0 Å². The molecule has 40 heavy (non-hydrogen) atoms. The van der Waals surface area contributed by atoms with Crippen LogP contribution in [0.25, 0.3) is 32.9 Å². The number of aromatic amines is 1. The second-order valence-corrected chi connectivity index (χ2v) is 12.2. The van der Waals surface area contributed by atoms with Crippen molar-refractivity contribution in [3.8, 4) is 22.9 Å². The number of benzene rings is 2. The summed E-state index contributed by atoms with van der Waals surface area (Å²) in [6, 6.07) is 7.35. The first-order valence-corrected chi connectivity index (χ1v) is 15.1. The third kappa shape index (κ3) is 4.65. The second-order valence-electron chi connectivity index (χ2n) is 11.8. The van der Waals surface area contributed by atoms with Crippen molar-refractivity contribution in [3.63, 3.8) is 0 Å². The normalized spacial score (nSPS) is 21.9. The predicted molar refractivity (Wildman–Crippen MR) is 160 cm³/mol. The molecule has 2 aromatic carbocycles. The SMILES string of the molecule is Cc1ccc2[nH]ncc2c1-c1c(Cl)cc2c(N3CCCC[C@@H]3C)nc(OC[C@@H]3CCCN3C)nc2c1OC1CC1. The number of fused-ring (bicyclic) bond motifs is 2. The number of aromatic nitrogens is 4. The molecule has 2 aromatic heterocycles. The monoisotopic (exact) mass is 560 g/mol. The molecule has 3 aliphatic rings. The molecule has 2 saturated heterocycles. The minimum absolute atomic E-state index is 0.160. The lowest BCUT2D eigenvalue weighted by molar-refractivity contribution is 0.188. The van der Waals surface area contributed by atoms with Crippen molar-refractivity contribution >= 4 is 39.2 Å². The van der Waals surface area contributed by atoms with E-state index in [4.69, 9.17) is 31.0 Å². The lowest BCUT2D eigenvalue weighted by Crippen LogP contribution is -2.38. The highest BCUT2D eigenvalue weighted by Gasteiger charge is 2.32. The molecule has 2 atom stereocenters. The Bertz CT molecular complexity index is 1570. The fraction of sp³-hybridized carbons (Fsp3) is 0.516. The molecular formula is C31H37ClN6O2. The molecule has 0 radical (unpaired) electrons. The third-order valence-electron chi connectivity index (χ3n) is 8.90. The van der Waals surface area contributed by atoms with E-state index >= 15 is 0 Å². The van der Waals surface area contributed by atoms with Gasteiger partial charge in [-0.05, 0) is 90.1 Å². The summed E-state index contributed by atoms with van der Waals surface area (Å²) in [5.74, 6) is 1.61. The summed E-state index contributed by atoms with van der Waals surface area (Å²) in [6.45, 7) is 7.01. The number of ether oxygens (including phenoxy) is 2. The molecule has 1 N–H and O–H groups in total. The van der Waals surface area contributed by atoms with Gasteiger partial charge in [-0.25, -0.2) is 0 Å². The van der Waals surface area contributed by atoms with Gasteiger partial charge in [0.25, 0.3) is 0 Å². The maximum atomic E-state index is 7.22. The molecule has 0 bridgehead atoms. The largest absolute Gasteiger partial charge is 0.487 e. The number of piperidine rings is 1. The fourth-order valence-corrected chi connectivity index (χ4v) is 6.67. The topological polar surface area (TPSA) is 79.4 Å². The van der Waals surface area contributed by atoms with E-state index in [2.05, 4.69) is 53.0 Å². The van der Waals surface area contributed by atoms with Crippen LogP contribution in [0, 0.1) is 6.92 Å². The smallest absolute Gasteiger partial charge is 0.319 e. The summed E-state index contributed by atoms with van der Waals surface area (Å²) in [4.78, 5) is 14.9. The molecule has 0 spiro atoms. The lowest BCUT2D eigenvalue weighted by Gasteiger charge is -2.35. The van der Waals surface area contributed by atoms with E-state index in [1.807, 2.05) is 12.3 Å². The van der Waals surface area contributed by atoms with Crippen molar-refractivity contribution in [3.05, 3.63) is 35.0 Å². The lowest BCUT2D eigenvalue weighted by atomic mass is 9.94. The van der Waals surface area contributed by atoms with Crippen LogP contribution in [0.2, 0.25) is 5.02 Å². The van der Waals surface area contributed by atoms with Crippen molar-refractivity contribution in [2.75, 3.05) is 31.6 Å². The minimum Gasteiger partial charge on any atom is -0.487 e. The van der Waals surface area contributed by atoms with Crippen LogP contribution in [-0.2, 0) is 0 Å². The van der Waals surface area contributed by atoms with Gasteiger partial charge in [0.05, 0.1) is 22.8 Å². The van der Waals surface area contributed by atoms with Crippen LogP contribution in [0.5, 0.6) is 11.8 Å². The average Bonchev–Trinajstić information content (AvgIpc) is 3.47. The Hall–Kier alpha value is -3.10. The van der Waals surface area contributed by atoms with Crippen LogP contribution in [0.3, 0.4) is 0 Å². The molecule has 0 unspecified atom stereocenters. The van der Waals surface area contributed by atoms with Gasteiger partial charge >= 0.3 is 6.01 Å². The maximum absolute atomic E-state index is 7.22. The summed E-state index contributed by atoms with van der Waals surface area (Å²) < 4.78 is 13.1.